The molecule has 0 aromatic rings. The summed E-state index contributed by atoms with van der Waals surface area (Å²) in [6.07, 6.45) is 2.69. The molecule has 56 valence electrons. The van der Waals surface area contributed by atoms with Gasteiger partial charge in [-0.2, -0.15) is 5.26 Å². The van der Waals surface area contributed by atoms with Gasteiger partial charge in [0, 0.05) is 0 Å². The lowest BCUT2D eigenvalue weighted by Gasteiger charge is -2.39. The molecule has 0 unspecified atom stereocenters. The van der Waals surface area contributed by atoms with Crippen molar-refractivity contribution >= 4 is 0 Å². The van der Waals surface area contributed by atoms with E-state index in [1.165, 1.54) is 0 Å². The van der Waals surface area contributed by atoms with Gasteiger partial charge in [0.15, 0.2) is 0 Å². The lowest BCUT2D eigenvalue weighted by molar-refractivity contribution is -0.138. The second-order valence-corrected chi connectivity index (χ2v) is 2.73. The van der Waals surface area contributed by atoms with E-state index in [4.69, 9.17) is 10.00 Å². The average Bonchev–Trinajstić information content (AvgIpc) is 1.87. The van der Waals surface area contributed by atoms with E-state index in [2.05, 4.69) is 11.7 Å². The Balaban J connectivity index is 2.28. The van der Waals surface area contributed by atoms with Crippen LogP contribution in [0.25, 0.3) is 0 Å². The van der Waals surface area contributed by atoms with Gasteiger partial charge in [0.05, 0.1) is 18.6 Å². The highest BCUT2D eigenvalue weighted by atomic mass is 16.5. The second-order valence-electron chi connectivity index (χ2n) is 2.73. The van der Waals surface area contributed by atoms with Crippen LogP contribution in [0, 0.1) is 16.9 Å². The fraction of sp³-hybridized carbons (Fsp3) is 0.857. The maximum Gasteiger partial charge on any atom is 0.286 e. The highest BCUT2D eigenvalue weighted by molar-refractivity contribution is 4.84. The Kier molecular flexibility index (Phi) is 2.13. The molecule has 0 N–H and O–H groups in total. The van der Waals surface area contributed by atoms with Crippen LogP contribution in [-0.2, 0) is 9.47 Å². The summed E-state index contributed by atoms with van der Waals surface area (Å²) in [5, 5.41) is 8.13. The van der Waals surface area contributed by atoms with Gasteiger partial charge < -0.3 is 9.47 Å². The average molecular weight is 141 g/mol. The molecule has 0 amide bonds. The third-order valence-corrected chi connectivity index (χ3v) is 2.01. The van der Waals surface area contributed by atoms with Crippen molar-refractivity contribution in [1.29, 1.82) is 5.26 Å². The molecule has 1 saturated heterocycles. The summed E-state index contributed by atoms with van der Waals surface area (Å²) in [5.41, 5.74) is 0.149. The van der Waals surface area contributed by atoms with Gasteiger partial charge in [0.1, 0.15) is 6.61 Å². The largest absolute Gasteiger partial charge is 0.427 e. The van der Waals surface area contributed by atoms with Crippen LogP contribution in [0.15, 0.2) is 0 Å². The Labute approximate surface area is 60.5 Å². The number of ether oxygens (including phenoxy) is 2. The molecular formula is C7H11NO2. The van der Waals surface area contributed by atoms with E-state index in [1.807, 2.05) is 0 Å². The summed E-state index contributed by atoms with van der Waals surface area (Å²) in [5.74, 6) is 0. The molecule has 10 heavy (non-hydrogen) atoms. The number of rotatable bonds is 3. The molecule has 1 aliphatic heterocycles. The maximum atomic E-state index is 8.13. The normalized spacial score (nSPS) is 20.8. The zero-order valence-electron chi connectivity index (χ0n) is 6.09. The first-order valence-corrected chi connectivity index (χ1v) is 3.42. The maximum absolute atomic E-state index is 8.13. The van der Waals surface area contributed by atoms with Crippen LogP contribution in [0.5, 0.6) is 0 Å². The van der Waals surface area contributed by atoms with Crippen molar-refractivity contribution in [2.45, 2.75) is 13.3 Å². The first-order valence-electron chi connectivity index (χ1n) is 3.42. The topological polar surface area (TPSA) is 42.2 Å². The fourth-order valence-electron chi connectivity index (χ4n) is 0.966. The Morgan fingerprint density at radius 1 is 1.70 bits per heavy atom. The van der Waals surface area contributed by atoms with Gasteiger partial charge in [-0.05, 0) is 6.42 Å². The summed E-state index contributed by atoms with van der Waals surface area (Å²) in [6, 6.07) is 0. The first-order chi connectivity index (χ1) is 4.83. The third-order valence-electron chi connectivity index (χ3n) is 2.01. The molecule has 0 aromatic carbocycles. The molecule has 1 fully saturated rings. The molecule has 3 heteroatoms. The number of hydrogen-bond acceptors (Lipinski definition) is 3. The van der Waals surface area contributed by atoms with Crippen LogP contribution in [0.4, 0.5) is 0 Å². The second kappa shape index (κ2) is 2.89. The van der Waals surface area contributed by atoms with Crippen molar-refractivity contribution in [3.05, 3.63) is 0 Å². The molecule has 0 bridgehead atoms. The molecule has 0 saturated carbocycles. The quantitative estimate of drug-likeness (QED) is 0.548. The fourth-order valence-corrected chi connectivity index (χ4v) is 0.966. The molecule has 1 rings (SSSR count). The lowest BCUT2D eigenvalue weighted by Crippen LogP contribution is -2.45. The van der Waals surface area contributed by atoms with Crippen molar-refractivity contribution in [2.24, 2.45) is 5.41 Å². The molecule has 0 aliphatic carbocycles. The van der Waals surface area contributed by atoms with Crippen molar-refractivity contribution in [1.82, 2.24) is 0 Å². The van der Waals surface area contributed by atoms with Crippen molar-refractivity contribution < 1.29 is 9.47 Å². The zero-order valence-corrected chi connectivity index (χ0v) is 6.09. The predicted molar refractivity (Wildman–Crippen MR) is 35.1 cm³/mol. The summed E-state index contributed by atoms with van der Waals surface area (Å²) < 4.78 is 9.69. The van der Waals surface area contributed by atoms with Crippen molar-refractivity contribution in [3.8, 4) is 6.26 Å². The SMILES string of the molecule is CCC1(COC#N)COC1. The molecule has 0 atom stereocenters. The van der Waals surface area contributed by atoms with Crippen LogP contribution in [0.1, 0.15) is 13.3 Å². The van der Waals surface area contributed by atoms with Gasteiger partial charge in [0.25, 0.3) is 6.26 Å². The standard InChI is InChI=1S/C7H11NO2/c1-2-7(3-9-4-7)5-10-6-8/h2-5H2,1H3. The monoisotopic (exact) mass is 141 g/mol. The van der Waals surface area contributed by atoms with E-state index in [1.54, 1.807) is 6.26 Å². The predicted octanol–water partition coefficient (Wildman–Crippen LogP) is 0.911. The lowest BCUT2D eigenvalue weighted by atomic mass is 9.84. The molecule has 1 aliphatic rings. The van der Waals surface area contributed by atoms with Gasteiger partial charge in [0.2, 0.25) is 0 Å². The highest BCUT2D eigenvalue weighted by Gasteiger charge is 2.37. The minimum absolute atomic E-state index is 0.149. The number of hydrogen-bond donors (Lipinski definition) is 0. The molecule has 0 aromatic heterocycles. The zero-order chi connectivity index (χ0) is 7.45. The van der Waals surface area contributed by atoms with E-state index >= 15 is 0 Å². The highest BCUT2D eigenvalue weighted by Crippen LogP contribution is 2.30. The van der Waals surface area contributed by atoms with E-state index < -0.39 is 0 Å². The van der Waals surface area contributed by atoms with Crippen LogP contribution in [0.2, 0.25) is 0 Å². The molecular weight excluding hydrogens is 130 g/mol. The van der Waals surface area contributed by atoms with Gasteiger partial charge in [-0.3, -0.25) is 0 Å². The number of nitriles is 1. The molecule has 0 radical (unpaired) electrons. The van der Waals surface area contributed by atoms with Crippen molar-refractivity contribution in [3.63, 3.8) is 0 Å². The Morgan fingerprint density at radius 2 is 2.40 bits per heavy atom. The molecule has 0 spiro atoms. The number of nitrogens with zero attached hydrogens (tertiary/aromatic N) is 1. The third kappa shape index (κ3) is 1.22. The van der Waals surface area contributed by atoms with Crippen LogP contribution < -0.4 is 0 Å². The minimum Gasteiger partial charge on any atom is -0.427 e. The van der Waals surface area contributed by atoms with Crippen LogP contribution >= 0.6 is 0 Å². The minimum atomic E-state index is 0.149. The Bertz CT molecular complexity index is 141. The molecule has 1 heterocycles. The summed E-state index contributed by atoms with van der Waals surface area (Å²) in [4.78, 5) is 0. The van der Waals surface area contributed by atoms with E-state index in [-0.39, 0.29) is 5.41 Å². The van der Waals surface area contributed by atoms with Gasteiger partial charge in [-0.25, -0.2) is 0 Å². The summed E-state index contributed by atoms with van der Waals surface area (Å²) in [6.45, 7) is 4.08. The van der Waals surface area contributed by atoms with E-state index in [9.17, 15) is 0 Å². The van der Waals surface area contributed by atoms with Gasteiger partial charge in [-0.15, -0.1) is 0 Å². The van der Waals surface area contributed by atoms with Crippen molar-refractivity contribution in [2.75, 3.05) is 19.8 Å². The van der Waals surface area contributed by atoms with Gasteiger partial charge in [-0.1, -0.05) is 6.92 Å². The summed E-state index contributed by atoms with van der Waals surface area (Å²) in [7, 11) is 0. The van der Waals surface area contributed by atoms with E-state index in [0.29, 0.717) is 6.61 Å². The summed E-state index contributed by atoms with van der Waals surface area (Å²) >= 11 is 0. The smallest absolute Gasteiger partial charge is 0.286 e. The molecule has 3 nitrogen and oxygen atoms in total. The van der Waals surface area contributed by atoms with Crippen LogP contribution in [-0.4, -0.2) is 19.8 Å². The van der Waals surface area contributed by atoms with Crippen LogP contribution in [0.3, 0.4) is 0 Å². The van der Waals surface area contributed by atoms with Gasteiger partial charge >= 0.3 is 0 Å². The first kappa shape index (κ1) is 7.36. The Hall–Kier alpha value is -0.750. The Morgan fingerprint density at radius 3 is 2.70 bits per heavy atom. The van der Waals surface area contributed by atoms with E-state index in [0.717, 1.165) is 19.6 Å².